The Hall–Kier alpha value is -1.48. The number of aromatic nitrogens is 1. The van der Waals surface area contributed by atoms with Gasteiger partial charge in [-0.2, -0.15) is 22.0 Å². The number of aryl methyl sites for hydroxylation is 1. The minimum Gasteiger partial charge on any atom is -0.506 e. The number of aliphatic hydroxyl groups is 1. The van der Waals surface area contributed by atoms with E-state index >= 15 is 0 Å². The second kappa shape index (κ2) is 4.89. The molecule has 0 amide bonds. The number of rotatable bonds is 3. The maximum Gasteiger partial charge on any atom is 0.455 e. The number of pyridine rings is 1. The highest BCUT2D eigenvalue weighted by atomic mass is 19.4. The zero-order chi connectivity index (χ0) is 15.0. The van der Waals surface area contributed by atoms with Gasteiger partial charge in [0.25, 0.3) is 0 Å². The Labute approximate surface area is 104 Å². The van der Waals surface area contributed by atoms with Crippen LogP contribution in [0.15, 0.2) is 6.20 Å². The summed E-state index contributed by atoms with van der Waals surface area (Å²) in [4.78, 5) is 3.55. The van der Waals surface area contributed by atoms with Gasteiger partial charge in [-0.1, -0.05) is 0 Å². The lowest BCUT2D eigenvalue weighted by molar-refractivity contribution is -0.291. The lowest BCUT2D eigenvalue weighted by Crippen LogP contribution is -2.46. The van der Waals surface area contributed by atoms with Crippen LogP contribution in [0.5, 0.6) is 5.75 Å². The predicted octanol–water partition coefficient (Wildman–Crippen LogP) is 1.79. The molecule has 1 rings (SSSR count). The monoisotopic (exact) mass is 286 g/mol. The molecule has 9 heteroatoms. The standard InChI is InChI=1S/C10H11F5N2O2/c1-4-7(19)6(5(3-18)2-17-4)8(16)9(11,12)10(13,14)15/h2,8,18-19H,3,16H2,1H3/t8-/m0/s1. The fourth-order valence-corrected chi connectivity index (χ4v) is 1.48. The molecule has 0 saturated heterocycles. The van der Waals surface area contributed by atoms with Crippen molar-refractivity contribution in [3.63, 3.8) is 0 Å². The first-order valence-corrected chi connectivity index (χ1v) is 5.02. The van der Waals surface area contributed by atoms with E-state index in [0.717, 1.165) is 6.20 Å². The number of nitrogens with zero attached hydrogens (tertiary/aromatic N) is 1. The summed E-state index contributed by atoms with van der Waals surface area (Å²) in [6, 6.07) is -2.84. The van der Waals surface area contributed by atoms with Gasteiger partial charge < -0.3 is 15.9 Å². The second-order valence-corrected chi connectivity index (χ2v) is 3.89. The highest BCUT2D eigenvalue weighted by molar-refractivity contribution is 5.43. The quantitative estimate of drug-likeness (QED) is 0.740. The molecule has 0 aliphatic rings. The molecule has 0 aliphatic heterocycles. The maximum atomic E-state index is 13.2. The number of hydrogen-bond acceptors (Lipinski definition) is 4. The van der Waals surface area contributed by atoms with Crippen molar-refractivity contribution in [3.8, 4) is 5.75 Å². The molecule has 0 spiro atoms. The summed E-state index contributed by atoms with van der Waals surface area (Å²) in [7, 11) is 0. The van der Waals surface area contributed by atoms with E-state index in [0.29, 0.717) is 0 Å². The van der Waals surface area contributed by atoms with E-state index < -0.39 is 36.1 Å². The van der Waals surface area contributed by atoms with Gasteiger partial charge in [0.2, 0.25) is 0 Å². The minimum atomic E-state index is -5.87. The number of aliphatic hydroxyl groups excluding tert-OH is 1. The normalized spacial score (nSPS) is 14.5. The zero-order valence-electron chi connectivity index (χ0n) is 9.67. The van der Waals surface area contributed by atoms with Gasteiger partial charge in [-0.05, 0) is 6.92 Å². The molecule has 0 unspecified atom stereocenters. The Morgan fingerprint density at radius 2 is 1.84 bits per heavy atom. The van der Waals surface area contributed by atoms with Crippen molar-refractivity contribution in [3.05, 3.63) is 23.0 Å². The van der Waals surface area contributed by atoms with Crippen LogP contribution in [0.2, 0.25) is 0 Å². The van der Waals surface area contributed by atoms with Crippen LogP contribution in [-0.2, 0) is 6.61 Å². The van der Waals surface area contributed by atoms with Crippen molar-refractivity contribution in [2.45, 2.75) is 31.7 Å². The van der Waals surface area contributed by atoms with Crippen molar-refractivity contribution >= 4 is 0 Å². The van der Waals surface area contributed by atoms with Crippen molar-refractivity contribution in [1.82, 2.24) is 4.98 Å². The molecule has 1 aromatic heterocycles. The molecule has 0 saturated carbocycles. The van der Waals surface area contributed by atoms with E-state index in [1.807, 2.05) is 0 Å². The lowest BCUT2D eigenvalue weighted by Gasteiger charge is -2.27. The molecule has 0 fully saturated rings. The Balaban J connectivity index is 3.42. The highest BCUT2D eigenvalue weighted by Crippen LogP contribution is 2.46. The van der Waals surface area contributed by atoms with Crippen LogP contribution in [0.3, 0.4) is 0 Å². The number of alkyl halides is 5. The van der Waals surface area contributed by atoms with Gasteiger partial charge in [-0.15, -0.1) is 0 Å². The van der Waals surface area contributed by atoms with Crippen LogP contribution < -0.4 is 5.73 Å². The molecule has 1 aromatic rings. The lowest BCUT2D eigenvalue weighted by atomic mass is 9.95. The third kappa shape index (κ3) is 2.61. The summed E-state index contributed by atoms with van der Waals surface area (Å²) in [6.07, 6.45) is -4.99. The fourth-order valence-electron chi connectivity index (χ4n) is 1.48. The van der Waals surface area contributed by atoms with Gasteiger partial charge in [-0.3, -0.25) is 4.98 Å². The van der Waals surface area contributed by atoms with E-state index in [9.17, 15) is 27.1 Å². The van der Waals surface area contributed by atoms with Crippen LogP contribution in [0, 0.1) is 6.92 Å². The van der Waals surface area contributed by atoms with Gasteiger partial charge in [0.15, 0.2) is 0 Å². The van der Waals surface area contributed by atoms with Gasteiger partial charge in [0.05, 0.1) is 12.3 Å². The molecule has 0 radical (unpaired) electrons. The van der Waals surface area contributed by atoms with E-state index in [4.69, 9.17) is 10.8 Å². The summed E-state index contributed by atoms with van der Waals surface area (Å²) < 4.78 is 63.1. The van der Waals surface area contributed by atoms with Gasteiger partial charge in [-0.25, -0.2) is 0 Å². The molecule has 0 aliphatic carbocycles. The molecule has 4 nitrogen and oxygen atoms in total. The van der Waals surface area contributed by atoms with Crippen molar-refractivity contribution in [2.24, 2.45) is 5.73 Å². The molecular formula is C10H11F5N2O2. The zero-order valence-corrected chi connectivity index (χ0v) is 9.67. The van der Waals surface area contributed by atoms with E-state index in [2.05, 4.69) is 4.98 Å². The van der Waals surface area contributed by atoms with E-state index in [1.165, 1.54) is 6.92 Å². The Morgan fingerprint density at radius 1 is 1.32 bits per heavy atom. The third-order valence-electron chi connectivity index (χ3n) is 2.61. The maximum absolute atomic E-state index is 13.2. The summed E-state index contributed by atoms with van der Waals surface area (Å²) >= 11 is 0. The first kappa shape index (κ1) is 15.6. The summed E-state index contributed by atoms with van der Waals surface area (Å²) in [5.74, 6) is -6.13. The SMILES string of the molecule is Cc1ncc(CO)c([C@H](N)C(F)(F)C(F)(F)F)c1O. The Kier molecular flexibility index (Phi) is 4.01. The Morgan fingerprint density at radius 3 is 2.26 bits per heavy atom. The first-order valence-electron chi connectivity index (χ1n) is 5.02. The molecule has 19 heavy (non-hydrogen) atoms. The average Bonchev–Trinajstić information content (AvgIpc) is 2.30. The molecule has 0 aromatic carbocycles. The van der Waals surface area contributed by atoms with Crippen LogP contribution >= 0.6 is 0 Å². The van der Waals surface area contributed by atoms with Crippen LogP contribution in [-0.4, -0.2) is 27.3 Å². The van der Waals surface area contributed by atoms with E-state index in [-0.39, 0.29) is 11.3 Å². The highest BCUT2D eigenvalue weighted by Gasteiger charge is 2.62. The van der Waals surface area contributed by atoms with Crippen molar-refractivity contribution in [1.29, 1.82) is 0 Å². The first-order chi connectivity index (χ1) is 8.54. The van der Waals surface area contributed by atoms with Crippen molar-refractivity contribution in [2.75, 3.05) is 0 Å². The molecule has 1 heterocycles. The number of halogens is 5. The van der Waals surface area contributed by atoms with Crippen LogP contribution in [0.25, 0.3) is 0 Å². The number of aromatic hydroxyl groups is 1. The summed E-state index contributed by atoms with van der Waals surface area (Å²) in [5.41, 5.74) is 3.52. The predicted molar refractivity (Wildman–Crippen MR) is 54.5 cm³/mol. The topological polar surface area (TPSA) is 79.4 Å². The average molecular weight is 286 g/mol. The third-order valence-corrected chi connectivity index (χ3v) is 2.61. The van der Waals surface area contributed by atoms with E-state index in [1.54, 1.807) is 0 Å². The molecule has 4 N–H and O–H groups in total. The largest absolute Gasteiger partial charge is 0.506 e. The number of hydrogen-bond donors (Lipinski definition) is 3. The smallest absolute Gasteiger partial charge is 0.455 e. The van der Waals surface area contributed by atoms with Crippen LogP contribution in [0.1, 0.15) is 22.9 Å². The molecule has 108 valence electrons. The van der Waals surface area contributed by atoms with Gasteiger partial charge in [0, 0.05) is 17.3 Å². The summed E-state index contributed by atoms with van der Waals surface area (Å²) in [6.45, 7) is 0.330. The van der Waals surface area contributed by atoms with Crippen molar-refractivity contribution < 1.29 is 32.2 Å². The van der Waals surface area contributed by atoms with Gasteiger partial charge in [0.1, 0.15) is 11.8 Å². The Bertz CT molecular complexity index is 476. The van der Waals surface area contributed by atoms with Gasteiger partial charge >= 0.3 is 12.1 Å². The number of nitrogens with two attached hydrogens (primary N) is 1. The molecular weight excluding hydrogens is 275 g/mol. The van der Waals surface area contributed by atoms with Crippen LogP contribution in [0.4, 0.5) is 22.0 Å². The fraction of sp³-hybridized carbons (Fsp3) is 0.500. The summed E-state index contributed by atoms with van der Waals surface area (Å²) in [5, 5.41) is 18.5. The minimum absolute atomic E-state index is 0.166. The molecule has 1 atom stereocenters. The molecule has 0 bridgehead atoms. The second-order valence-electron chi connectivity index (χ2n) is 3.89.